The number of allylic oxidation sites excluding steroid dienone is 1. The number of unbranched alkanes of at least 4 members (excludes halogenated alkanes) is 5. The smallest absolute Gasteiger partial charge is 0.0758 e. The van der Waals surface area contributed by atoms with Crippen LogP contribution in [0.1, 0.15) is 58.3 Å². The van der Waals surface area contributed by atoms with Gasteiger partial charge in [0.2, 0.25) is 0 Å². The molecule has 0 bridgehead atoms. The van der Waals surface area contributed by atoms with Crippen molar-refractivity contribution >= 4 is 0 Å². The molecule has 0 aromatic heterocycles. The van der Waals surface area contributed by atoms with Crippen molar-refractivity contribution in [3.05, 3.63) is 12.2 Å². The maximum atomic E-state index is 5.72. The molecule has 0 aromatic rings. The molecule has 1 aliphatic carbocycles. The molecule has 1 atom stereocenters. The first-order valence-corrected chi connectivity index (χ1v) is 6.21. The van der Waals surface area contributed by atoms with Gasteiger partial charge in [-0.05, 0) is 19.3 Å². The zero-order chi connectivity index (χ0) is 10.1. The lowest BCUT2D eigenvalue weighted by Crippen LogP contribution is -2.07. The van der Waals surface area contributed by atoms with Gasteiger partial charge in [-0.3, -0.25) is 0 Å². The van der Waals surface area contributed by atoms with Crippen LogP contribution in [0.4, 0.5) is 0 Å². The quantitative estimate of drug-likeness (QED) is 0.420. The lowest BCUT2D eigenvalue weighted by Gasteiger charge is -2.09. The van der Waals surface area contributed by atoms with E-state index in [0.717, 1.165) is 6.61 Å². The van der Waals surface area contributed by atoms with Gasteiger partial charge in [0.1, 0.15) is 0 Å². The van der Waals surface area contributed by atoms with Crippen LogP contribution in [-0.4, -0.2) is 12.7 Å². The predicted molar refractivity (Wildman–Crippen MR) is 61.5 cm³/mol. The van der Waals surface area contributed by atoms with Gasteiger partial charge >= 0.3 is 0 Å². The third kappa shape index (κ3) is 5.43. The average molecular weight is 196 g/mol. The fourth-order valence-corrected chi connectivity index (χ4v) is 1.86. The molecular weight excluding hydrogens is 172 g/mol. The number of rotatable bonds is 8. The van der Waals surface area contributed by atoms with Crippen LogP contribution in [-0.2, 0) is 4.74 Å². The van der Waals surface area contributed by atoms with Gasteiger partial charge in [0, 0.05) is 6.61 Å². The Balaban J connectivity index is 1.77. The van der Waals surface area contributed by atoms with E-state index in [1.807, 2.05) is 0 Å². The summed E-state index contributed by atoms with van der Waals surface area (Å²) in [6, 6.07) is 0. The summed E-state index contributed by atoms with van der Waals surface area (Å²) in [5.41, 5.74) is 0. The molecule has 1 aliphatic rings. The van der Waals surface area contributed by atoms with Crippen molar-refractivity contribution in [1.82, 2.24) is 0 Å². The van der Waals surface area contributed by atoms with Crippen molar-refractivity contribution in [2.75, 3.05) is 6.61 Å². The summed E-state index contributed by atoms with van der Waals surface area (Å²) in [7, 11) is 0. The van der Waals surface area contributed by atoms with Crippen LogP contribution < -0.4 is 0 Å². The molecule has 1 rings (SSSR count). The minimum Gasteiger partial charge on any atom is -0.374 e. The molecule has 0 radical (unpaired) electrons. The van der Waals surface area contributed by atoms with E-state index in [2.05, 4.69) is 19.1 Å². The summed E-state index contributed by atoms with van der Waals surface area (Å²) in [6.45, 7) is 3.22. The number of hydrogen-bond donors (Lipinski definition) is 0. The molecule has 0 N–H and O–H groups in total. The lowest BCUT2D eigenvalue weighted by molar-refractivity contribution is 0.0819. The largest absolute Gasteiger partial charge is 0.374 e. The van der Waals surface area contributed by atoms with Gasteiger partial charge in [-0.2, -0.15) is 0 Å². The maximum absolute atomic E-state index is 5.72. The van der Waals surface area contributed by atoms with Crippen molar-refractivity contribution in [2.24, 2.45) is 0 Å². The van der Waals surface area contributed by atoms with Crippen LogP contribution in [0, 0.1) is 0 Å². The second-order valence-corrected chi connectivity index (χ2v) is 4.18. The molecule has 0 aliphatic heterocycles. The second-order valence-electron chi connectivity index (χ2n) is 4.18. The van der Waals surface area contributed by atoms with Crippen molar-refractivity contribution in [2.45, 2.75) is 64.4 Å². The standard InChI is InChI=1S/C13H24O/c1-2-3-4-5-6-9-12-14-13-10-7-8-11-13/h7,10,13H,2-6,8-9,11-12H2,1H3. The van der Waals surface area contributed by atoms with Gasteiger partial charge in [0.15, 0.2) is 0 Å². The first-order chi connectivity index (χ1) is 6.93. The normalized spacial score (nSPS) is 20.5. The van der Waals surface area contributed by atoms with Gasteiger partial charge in [-0.1, -0.05) is 51.2 Å². The molecule has 0 saturated carbocycles. The van der Waals surface area contributed by atoms with E-state index in [4.69, 9.17) is 4.74 Å². The topological polar surface area (TPSA) is 9.23 Å². The van der Waals surface area contributed by atoms with E-state index >= 15 is 0 Å². The minimum atomic E-state index is 0.436. The van der Waals surface area contributed by atoms with Crippen molar-refractivity contribution in [3.8, 4) is 0 Å². The summed E-state index contributed by atoms with van der Waals surface area (Å²) in [6.07, 6.45) is 15.4. The van der Waals surface area contributed by atoms with E-state index in [1.165, 1.54) is 51.4 Å². The molecule has 14 heavy (non-hydrogen) atoms. The van der Waals surface area contributed by atoms with Crippen LogP contribution in [0.5, 0.6) is 0 Å². The van der Waals surface area contributed by atoms with Crippen LogP contribution in [0.2, 0.25) is 0 Å². The summed E-state index contributed by atoms with van der Waals surface area (Å²) in [5, 5.41) is 0. The molecule has 82 valence electrons. The van der Waals surface area contributed by atoms with Crippen molar-refractivity contribution in [1.29, 1.82) is 0 Å². The Hall–Kier alpha value is -0.300. The molecule has 0 fully saturated rings. The molecule has 0 heterocycles. The average Bonchev–Trinajstić information content (AvgIpc) is 2.69. The van der Waals surface area contributed by atoms with E-state index < -0.39 is 0 Å². The van der Waals surface area contributed by atoms with Gasteiger partial charge in [0.05, 0.1) is 6.10 Å². The van der Waals surface area contributed by atoms with Gasteiger partial charge in [-0.25, -0.2) is 0 Å². The highest BCUT2D eigenvalue weighted by molar-refractivity contribution is 4.97. The van der Waals surface area contributed by atoms with Crippen LogP contribution in [0.15, 0.2) is 12.2 Å². The van der Waals surface area contributed by atoms with Crippen LogP contribution in [0.25, 0.3) is 0 Å². The van der Waals surface area contributed by atoms with Crippen LogP contribution in [0.3, 0.4) is 0 Å². The van der Waals surface area contributed by atoms with Crippen molar-refractivity contribution < 1.29 is 4.74 Å². The molecule has 0 amide bonds. The van der Waals surface area contributed by atoms with Gasteiger partial charge < -0.3 is 4.74 Å². The third-order valence-electron chi connectivity index (χ3n) is 2.80. The highest BCUT2D eigenvalue weighted by Crippen LogP contribution is 2.13. The summed E-state index contributed by atoms with van der Waals surface area (Å²) < 4.78 is 5.72. The first-order valence-electron chi connectivity index (χ1n) is 6.21. The Labute approximate surface area is 88.5 Å². The molecule has 1 unspecified atom stereocenters. The summed E-state index contributed by atoms with van der Waals surface area (Å²) in [5.74, 6) is 0. The molecule has 1 heteroatoms. The molecule has 1 nitrogen and oxygen atoms in total. The first kappa shape index (κ1) is 11.8. The Morgan fingerprint density at radius 2 is 1.93 bits per heavy atom. The van der Waals surface area contributed by atoms with Crippen LogP contribution >= 0.6 is 0 Å². The Morgan fingerprint density at radius 3 is 2.64 bits per heavy atom. The fourth-order valence-electron chi connectivity index (χ4n) is 1.86. The molecule has 0 spiro atoms. The van der Waals surface area contributed by atoms with E-state index in [9.17, 15) is 0 Å². The number of hydrogen-bond acceptors (Lipinski definition) is 1. The third-order valence-corrected chi connectivity index (χ3v) is 2.80. The molecular formula is C13H24O. The SMILES string of the molecule is CCCCCCCCOC1C=CCC1. The Morgan fingerprint density at radius 1 is 1.14 bits per heavy atom. The lowest BCUT2D eigenvalue weighted by atomic mass is 10.1. The predicted octanol–water partition coefficient (Wildman–Crippen LogP) is 4.08. The maximum Gasteiger partial charge on any atom is 0.0758 e. The van der Waals surface area contributed by atoms with E-state index in [1.54, 1.807) is 0 Å². The molecule has 0 aromatic carbocycles. The second kappa shape index (κ2) is 8.05. The highest BCUT2D eigenvalue weighted by Gasteiger charge is 2.07. The summed E-state index contributed by atoms with van der Waals surface area (Å²) in [4.78, 5) is 0. The van der Waals surface area contributed by atoms with E-state index in [-0.39, 0.29) is 0 Å². The Kier molecular flexibility index (Phi) is 6.77. The monoisotopic (exact) mass is 196 g/mol. The number of ether oxygens (including phenoxy) is 1. The van der Waals surface area contributed by atoms with E-state index in [0.29, 0.717) is 6.10 Å². The highest BCUT2D eigenvalue weighted by atomic mass is 16.5. The molecule has 0 saturated heterocycles. The summed E-state index contributed by atoms with van der Waals surface area (Å²) >= 11 is 0. The zero-order valence-electron chi connectivity index (χ0n) is 9.50. The van der Waals surface area contributed by atoms with Crippen molar-refractivity contribution in [3.63, 3.8) is 0 Å². The van der Waals surface area contributed by atoms with Gasteiger partial charge in [-0.15, -0.1) is 0 Å². The fraction of sp³-hybridized carbons (Fsp3) is 0.846. The zero-order valence-corrected chi connectivity index (χ0v) is 9.50. The van der Waals surface area contributed by atoms with Gasteiger partial charge in [0.25, 0.3) is 0 Å². The Bertz CT molecular complexity index is 151. The minimum absolute atomic E-state index is 0.436.